The van der Waals surface area contributed by atoms with Crippen molar-refractivity contribution in [3.05, 3.63) is 40.3 Å². The minimum Gasteiger partial charge on any atom is -0.378 e. The number of nitrogens with zero attached hydrogens (tertiary/aromatic N) is 3. The lowest BCUT2D eigenvalue weighted by Gasteiger charge is -2.26. The predicted molar refractivity (Wildman–Crippen MR) is 80.6 cm³/mol. The van der Waals surface area contributed by atoms with Crippen molar-refractivity contribution in [3.63, 3.8) is 0 Å². The molecule has 0 radical (unpaired) electrons. The molecule has 2 aromatic heterocycles. The standard InChI is InChI=1S/C14H16N4O2S/c19-13(15-10-12-2-1-7-21-12)11-8-16-14(17-9-11)18-3-5-20-6-4-18/h1-2,7-9H,3-6,10H2,(H,15,19). The lowest BCUT2D eigenvalue weighted by Crippen LogP contribution is -2.37. The van der Waals surface area contributed by atoms with Crippen LogP contribution in [-0.2, 0) is 11.3 Å². The molecule has 1 aliphatic heterocycles. The summed E-state index contributed by atoms with van der Waals surface area (Å²) in [6, 6.07) is 3.95. The first-order valence-corrected chi connectivity index (χ1v) is 7.66. The fourth-order valence-electron chi connectivity index (χ4n) is 2.05. The summed E-state index contributed by atoms with van der Waals surface area (Å²) in [6.45, 7) is 3.47. The summed E-state index contributed by atoms with van der Waals surface area (Å²) in [7, 11) is 0. The van der Waals surface area contributed by atoms with Gasteiger partial charge in [0, 0.05) is 30.4 Å². The zero-order valence-electron chi connectivity index (χ0n) is 11.5. The number of hydrogen-bond donors (Lipinski definition) is 1. The zero-order valence-corrected chi connectivity index (χ0v) is 12.3. The second kappa shape index (κ2) is 6.64. The molecule has 3 heterocycles. The number of nitrogens with one attached hydrogen (secondary N) is 1. The van der Waals surface area contributed by atoms with Crippen molar-refractivity contribution < 1.29 is 9.53 Å². The van der Waals surface area contributed by atoms with Crippen molar-refractivity contribution in [1.29, 1.82) is 0 Å². The first-order valence-electron chi connectivity index (χ1n) is 6.78. The fraction of sp³-hybridized carbons (Fsp3) is 0.357. The van der Waals surface area contributed by atoms with Gasteiger partial charge in [-0.15, -0.1) is 11.3 Å². The van der Waals surface area contributed by atoms with Gasteiger partial charge in [-0.2, -0.15) is 0 Å². The molecule has 0 unspecified atom stereocenters. The number of carbonyl (C=O) groups is 1. The van der Waals surface area contributed by atoms with Gasteiger partial charge in [0.05, 0.1) is 25.3 Å². The highest BCUT2D eigenvalue weighted by molar-refractivity contribution is 7.09. The van der Waals surface area contributed by atoms with Crippen LogP contribution in [0.1, 0.15) is 15.2 Å². The minimum atomic E-state index is -0.156. The molecule has 7 heteroatoms. The molecule has 0 spiro atoms. The predicted octanol–water partition coefficient (Wildman–Crippen LogP) is 1.30. The normalized spacial score (nSPS) is 15.0. The van der Waals surface area contributed by atoms with Gasteiger partial charge in [-0.25, -0.2) is 9.97 Å². The Hall–Kier alpha value is -1.99. The van der Waals surface area contributed by atoms with Crippen molar-refractivity contribution in [2.75, 3.05) is 31.2 Å². The highest BCUT2D eigenvalue weighted by Gasteiger charge is 2.14. The third kappa shape index (κ3) is 3.56. The topological polar surface area (TPSA) is 67.4 Å². The van der Waals surface area contributed by atoms with E-state index in [-0.39, 0.29) is 5.91 Å². The number of ether oxygens (including phenoxy) is 1. The Morgan fingerprint density at radius 3 is 2.76 bits per heavy atom. The van der Waals surface area contributed by atoms with Crippen molar-refractivity contribution in [2.45, 2.75) is 6.54 Å². The molecule has 21 heavy (non-hydrogen) atoms. The molecule has 0 aromatic carbocycles. The summed E-state index contributed by atoms with van der Waals surface area (Å²) in [5.41, 5.74) is 0.476. The summed E-state index contributed by atoms with van der Waals surface area (Å²) in [6.07, 6.45) is 3.14. The monoisotopic (exact) mass is 304 g/mol. The van der Waals surface area contributed by atoms with E-state index in [4.69, 9.17) is 4.74 Å². The van der Waals surface area contributed by atoms with Crippen molar-refractivity contribution >= 4 is 23.2 Å². The largest absolute Gasteiger partial charge is 0.378 e. The zero-order chi connectivity index (χ0) is 14.5. The van der Waals surface area contributed by atoms with Crippen molar-refractivity contribution in [2.24, 2.45) is 0 Å². The second-order valence-electron chi connectivity index (χ2n) is 4.63. The van der Waals surface area contributed by atoms with Gasteiger partial charge < -0.3 is 15.0 Å². The molecule has 1 N–H and O–H groups in total. The fourth-order valence-corrected chi connectivity index (χ4v) is 2.69. The average Bonchev–Trinajstić information content (AvgIpc) is 3.07. The Morgan fingerprint density at radius 2 is 2.10 bits per heavy atom. The number of morpholine rings is 1. The molecule has 3 rings (SSSR count). The van der Waals surface area contributed by atoms with E-state index in [1.165, 1.54) is 0 Å². The third-order valence-electron chi connectivity index (χ3n) is 3.20. The van der Waals surface area contributed by atoms with Crippen LogP contribution in [0.2, 0.25) is 0 Å². The summed E-state index contributed by atoms with van der Waals surface area (Å²) in [5, 5.41) is 4.85. The molecule has 1 saturated heterocycles. The molecule has 1 aliphatic rings. The van der Waals surface area contributed by atoms with Crippen LogP contribution in [-0.4, -0.2) is 42.2 Å². The number of anilines is 1. The van der Waals surface area contributed by atoms with Crippen LogP contribution >= 0.6 is 11.3 Å². The Kier molecular flexibility index (Phi) is 4.42. The summed E-state index contributed by atoms with van der Waals surface area (Å²) >= 11 is 1.62. The van der Waals surface area contributed by atoms with Crippen LogP contribution < -0.4 is 10.2 Å². The Balaban J connectivity index is 1.59. The number of thiophene rings is 1. The van der Waals surface area contributed by atoms with Gasteiger partial charge in [-0.05, 0) is 11.4 Å². The second-order valence-corrected chi connectivity index (χ2v) is 5.67. The van der Waals surface area contributed by atoms with Crippen LogP contribution in [0.15, 0.2) is 29.9 Å². The smallest absolute Gasteiger partial charge is 0.254 e. The van der Waals surface area contributed by atoms with E-state index in [1.54, 1.807) is 23.7 Å². The molecule has 1 fully saturated rings. The highest BCUT2D eigenvalue weighted by Crippen LogP contribution is 2.10. The summed E-state index contributed by atoms with van der Waals surface area (Å²) in [5.74, 6) is 0.491. The first kappa shape index (κ1) is 14.0. The molecule has 0 bridgehead atoms. The SMILES string of the molecule is O=C(NCc1cccs1)c1cnc(N2CCOCC2)nc1. The number of amides is 1. The summed E-state index contributed by atoms with van der Waals surface area (Å²) < 4.78 is 5.29. The van der Waals surface area contributed by atoms with Gasteiger partial charge in [0.15, 0.2) is 0 Å². The Bertz CT molecular complexity index is 580. The number of hydrogen-bond acceptors (Lipinski definition) is 6. The quantitative estimate of drug-likeness (QED) is 0.922. The lowest BCUT2D eigenvalue weighted by molar-refractivity contribution is 0.0950. The Morgan fingerprint density at radius 1 is 1.33 bits per heavy atom. The highest BCUT2D eigenvalue weighted by atomic mass is 32.1. The van der Waals surface area contributed by atoms with E-state index in [2.05, 4.69) is 20.2 Å². The summed E-state index contributed by atoms with van der Waals surface area (Å²) in [4.78, 5) is 23.7. The van der Waals surface area contributed by atoms with Gasteiger partial charge >= 0.3 is 0 Å². The average molecular weight is 304 g/mol. The van der Waals surface area contributed by atoms with Crippen molar-refractivity contribution in [3.8, 4) is 0 Å². The molecule has 110 valence electrons. The maximum Gasteiger partial charge on any atom is 0.254 e. The van der Waals surface area contributed by atoms with E-state index in [1.807, 2.05) is 17.5 Å². The van der Waals surface area contributed by atoms with E-state index in [0.717, 1.165) is 18.0 Å². The minimum absolute atomic E-state index is 0.156. The van der Waals surface area contributed by atoms with Gasteiger partial charge in [-0.3, -0.25) is 4.79 Å². The maximum atomic E-state index is 12.0. The van der Waals surface area contributed by atoms with Crippen LogP contribution in [0, 0.1) is 0 Å². The van der Waals surface area contributed by atoms with Crippen LogP contribution in [0.3, 0.4) is 0 Å². The van der Waals surface area contributed by atoms with E-state index < -0.39 is 0 Å². The van der Waals surface area contributed by atoms with Crippen LogP contribution in [0.4, 0.5) is 5.95 Å². The molecule has 2 aromatic rings. The molecular weight excluding hydrogens is 288 g/mol. The van der Waals surface area contributed by atoms with Crippen LogP contribution in [0.25, 0.3) is 0 Å². The number of aromatic nitrogens is 2. The lowest BCUT2D eigenvalue weighted by atomic mass is 10.3. The van der Waals surface area contributed by atoms with Gasteiger partial charge in [0.25, 0.3) is 5.91 Å². The number of rotatable bonds is 4. The van der Waals surface area contributed by atoms with Gasteiger partial charge in [-0.1, -0.05) is 6.07 Å². The van der Waals surface area contributed by atoms with E-state index >= 15 is 0 Å². The van der Waals surface area contributed by atoms with E-state index in [0.29, 0.717) is 31.3 Å². The molecule has 0 saturated carbocycles. The Labute approximate surface area is 126 Å². The maximum absolute atomic E-state index is 12.0. The van der Waals surface area contributed by atoms with Gasteiger partial charge in [0.1, 0.15) is 0 Å². The first-order chi connectivity index (χ1) is 10.3. The molecular formula is C14H16N4O2S. The number of carbonyl (C=O) groups excluding carboxylic acids is 1. The van der Waals surface area contributed by atoms with E-state index in [9.17, 15) is 4.79 Å². The molecule has 0 aliphatic carbocycles. The molecule has 6 nitrogen and oxygen atoms in total. The molecule has 1 amide bonds. The molecule has 0 atom stereocenters. The van der Waals surface area contributed by atoms with Gasteiger partial charge in [0.2, 0.25) is 5.95 Å². The third-order valence-corrected chi connectivity index (χ3v) is 4.07. The van der Waals surface area contributed by atoms with Crippen molar-refractivity contribution in [1.82, 2.24) is 15.3 Å². The van der Waals surface area contributed by atoms with Crippen LogP contribution in [0.5, 0.6) is 0 Å².